The molecule has 0 radical (unpaired) electrons. The Kier molecular flexibility index (Phi) is 2.68. The van der Waals surface area contributed by atoms with Gasteiger partial charge in [0, 0.05) is 42.3 Å². The summed E-state index contributed by atoms with van der Waals surface area (Å²) in [5, 5.41) is 5.41. The topological polar surface area (TPSA) is 76.7 Å². The third-order valence-electron chi connectivity index (χ3n) is 3.24. The molecule has 1 aromatic carbocycles. The lowest BCUT2D eigenvalue weighted by atomic mass is 10.1. The molecule has 0 saturated heterocycles. The maximum atomic E-state index is 11.6. The third-order valence-corrected chi connectivity index (χ3v) is 3.24. The van der Waals surface area contributed by atoms with Crippen molar-refractivity contribution in [1.82, 2.24) is 14.8 Å². The van der Waals surface area contributed by atoms with Crippen molar-refractivity contribution in [1.29, 1.82) is 0 Å². The van der Waals surface area contributed by atoms with Gasteiger partial charge in [-0.25, -0.2) is 4.68 Å². The van der Waals surface area contributed by atoms with Crippen LogP contribution < -0.4 is 11.3 Å². The average Bonchev–Trinajstić information content (AvgIpc) is 2.85. The van der Waals surface area contributed by atoms with E-state index in [1.807, 2.05) is 30.5 Å². The molecule has 0 atom stereocenters. The van der Waals surface area contributed by atoms with Gasteiger partial charge in [0.05, 0.1) is 5.69 Å². The Morgan fingerprint density at radius 2 is 2.16 bits per heavy atom. The predicted molar refractivity (Wildman–Crippen MR) is 74.7 cm³/mol. The molecule has 96 valence electrons. The second-order valence-electron chi connectivity index (χ2n) is 4.43. The fourth-order valence-electron chi connectivity index (χ4n) is 2.22. The van der Waals surface area contributed by atoms with E-state index in [9.17, 15) is 4.79 Å². The van der Waals surface area contributed by atoms with Crippen molar-refractivity contribution in [3.63, 3.8) is 0 Å². The Balaban J connectivity index is 2.32. The maximum absolute atomic E-state index is 11.6. The third kappa shape index (κ3) is 1.84. The van der Waals surface area contributed by atoms with Crippen molar-refractivity contribution in [2.75, 3.05) is 0 Å². The molecule has 2 aromatic heterocycles. The number of fused-ring (bicyclic) bond motifs is 1. The SMILES string of the molecule is Cn1nc(-c2c[nH]c3ccccc23)c(CN)cc1=O. The Hall–Kier alpha value is -2.40. The highest BCUT2D eigenvalue weighted by atomic mass is 16.1. The minimum absolute atomic E-state index is 0.149. The van der Waals surface area contributed by atoms with E-state index >= 15 is 0 Å². The number of aromatic amines is 1. The van der Waals surface area contributed by atoms with E-state index in [4.69, 9.17) is 5.73 Å². The Labute approximate surface area is 109 Å². The lowest BCUT2D eigenvalue weighted by Gasteiger charge is -2.07. The Bertz CT molecular complexity index is 801. The first-order chi connectivity index (χ1) is 9.20. The van der Waals surface area contributed by atoms with Crippen LogP contribution in [0.4, 0.5) is 0 Å². The highest BCUT2D eigenvalue weighted by molar-refractivity contribution is 5.95. The summed E-state index contributed by atoms with van der Waals surface area (Å²) in [6, 6.07) is 9.52. The van der Waals surface area contributed by atoms with Crippen molar-refractivity contribution >= 4 is 10.9 Å². The fourth-order valence-corrected chi connectivity index (χ4v) is 2.22. The molecule has 0 aliphatic rings. The van der Waals surface area contributed by atoms with E-state index in [0.717, 1.165) is 27.7 Å². The van der Waals surface area contributed by atoms with Gasteiger partial charge >= 0.3 is 0 Å². The first-order valence-corrected chi connectivity index (χ1v) is 6.04. The summed E-state index contributed by atoms with van der Waals surface area (Å²) in [4.78, 5) is 14.8. The number of hydrogen-bond acceptors (Lipinski definition) is 3. The van der Waals surface area contributed by atoms with Crippen molar-refractivity contribution in [3.8, 4) is 11.3 Å². The highest BCUT2D eigenvalue weighted by Gasteiger charge is 2.12. The summed E-state index contributed by atoms with van der Waals surface area (Å²) in [6.45, 7) is 0.290. The summed E-state index contributed by atoms with van der Waals surface area (Å²) < 4.78 is 1.33. The second-order valence-corrected chi connectivity index (χ2v) is 4.43. The zero-order valence-corrected chi connectivity index (χ0v) is 10.6. The van der Waals surface area contributed by atoms with Gasteiger partial charge in [-0.3, -0.25) is 4.79 Å². The zero-order chi connectivity index (χ0) is 13.4. The number of nitrogens with one attached hydrogen (secondary N) is 1. The fraction of sp³-hybridized carbons (Fsp3) is 0.143. The van der Waals surface area contributed by atoms with Gasteiger partial charge in [-0.2, -0.15) is 5.10 Å². The molecule has 5 nitrogen and oxygen atoms in total. The summed E-state index contributed by atoms with van der Waals surface area (Å²) in [7, 11) is 1.64. The summed E-state index contributed by atoms with van der Waals surface area (Å²) >= 11 is 0. The monoisotopic (exact) mass is 254 g/mol. The Morgan fingerprint density at radius 1 is 1.37 bits per heavy atom. The molecule has 5 heteroatoms. The van der Waals surface area contributed by atoms with Crippen LogP contribution in [0.3, 0.4) is 0 Å². The van der Waals surface area contributed by atoms with Crippen LogP contribution in [0.1, 0.15) is 5.56 Å². The number of aryl methyl sites for hydroxylation is 1. The molecule has 3 N–H and O–H groups in total. The largest absolute Gasteiger partial charge is 0.360 e. The van der Waals surface area contributed by atoms with Gasteiger partial charge in [0.2, 0.25) is 0 Å². The standard InChI is InChI=1S/C14H14N4O/c1-18-13(19)6-9(7-15)14(17-18)11-8-16-12-5-3-2-4-10(11)12/h2-6,8,16H,7,15H2,1H3. The second kappa shape index (κ2) is 4.37. The van der Waals surface area contributed by atoms with Gasteiger partial charge in [-0.15, -0.1) is 0 Å². The summed E-state index contributed by atoms with van der Waals surface area (Å²) in [6.07, 6.45) is 1.90. The highest BCUT2D eigenvalue weighted by Crippen LogP contribution is 2.28. The molecule has 2 heterocycles. The van der Waals surface area contributed by atoms with E-state index in [-0.39, 0.29) is 12.1 Å². The van der Waals surface area contributed by atoms with Gasteiger partial charge in [-0.05, 0) is 11.6 Å². The molecule has 0 aliphatic carbocycles. The quantitative estimate of drug-likeness (QED) is 0.725. The first-order valence-electron chi connectivity index (χ1n) is 6.04. The van der Waals surface area contributed by atoms with E-state index in [2.05, 4.69) is 10.1 Å². The molecule has 3 aromatic rings. The molecule has 0 aliphatic heterocycles. The van der Waals surface area contributed by atoms with Gasteiger partial charge < -0.3 is 10.7 Å². The molecular weight excluding hydrogens is 240 g/mol. The van der Waals surface area contributed by atoms with Crippen molar-refractivity contribution in [2.45, 2.75) is 6.54 Å². The predicted octanol–water partition coefficient (Wildman–Crippen LogP) is 1.39. The summed E-state index contributed by atoms with van der Waals surface area (Å²) in [5.41, 5.74) is 9.08. The zero-order valence-electron chi connectivity index (χ0n) is 10.6. The molecule has 0 saturated carbocycles. The van der Waals surface area contributed by atoms with Crippen LogP contribution in [0.2, 0.25) is 0 Å². The van der Waals surface area contributed by atoms with Crippen LogP contribution in [-0.2, 0) is 13.6 Å². The minimum atomic E-state index is -0.149. The van der Waals surface area contributed by atoms with Crippen molar-refractivity contribution in [3.05, 3.63) is 52.4 Å². The molecule has 0 amide bonds. The van der Waals surface area contributed by atoms with E-state index in [1.165, 1.54) is 4.68 Å². The van der Waals surface area contributed by atoms with Crippen LogP contribution >= 0.6 is 0 Å². The number of rotatable bonds is 2. The van der Waals surface area contributed by atoms with E-state index in [0.29, 0.717) is 0 Å². The van der Waals surface area contributed by atoms with Crippen LogP contribution in [0.25, 0.3) is 22.2 Å². The molecule has 0 spiro atoms. The smallest absolute Gasteiger partial charge is 0.266 e. The number of nitrogens with zero attached hydrogens (tertiary/aromatic N) is 2. The van der Waals surface area contributed by atoms with Crippen LogP contribution in [0.15, 0.2) is 41.3 Å². The lowest BCUT2D eigenvalue weighted by molar-refractivity contribution is 0.704. The molecule has 0 bridgehead atoms. The number of H-pyrrole nitrogens is 1. The van der Waals surface area contributed by atoms with E-state index < -0.39 is 0 Å². The van der Waals surface area contributed by atoms with Gasteiger partial charge in [0.1, 0.15) is 0 Å². The Morgan fingerprint density at radius 3 is 2.95 bits per heavy atom. The normalized spacial score (nSPS) is 11.1. The van der Waals surface area contributed by atoms with Gasteiger partial charge in [-0.1, -0.05) is 18.2 Å². The van der Waals surface area contributed by atoms with Crippen LogP contribution in [0, 0.1) is 0 Å². The lowest BCUT2D eigenvalue weighted by Crippen LogP contribution is -2.21. The molecular formula is C14H14N4O. The minimum Gasteiger partial charge on any atom is -0.360 e. The molecule has 0 fully saturated rings. The van der Waals surface area contributed by atoms with Crippen molar-refractivity contribution in [2.24, 2.45) is 12.8 Å². The van der Waals surface area contributed by atoms with Gasteiger partial charge in [0.15, 0.2) is 0 Å². The number of benzene rings is 1. The van der Waals surface area contributed by atoms with Crippen LogP contribution in [0.5, 0.6) is 0 Å². The molecule has 19 heavy (non-hydrogen) atoms. The summed E-state index contributed by atoms with van der Waals surface area (Å²) in [5.74, 6) is 0. The van der Waals surface area contributed by atoms with Crippen LogP contribution in [-0.4, -0.2) is 14.8 Å². The maximum Gasteiger partial charge on any atom is 0.266 e. The molecule has 0 unspecified atom stereocenters. The average molecular weight is 254 g/mol. The number of aromatic nitrogens is 3. The first kappa shape index (κ1) is 11.7. The van der Waals surface area contributed by atoms with Gasteiger partial charge in [0.25, 0.3) is 5.56 Å². The van der Waals surface area contributed by atoms with Crippen molar-refractivity contribution < 1.29 is 0 Å². The van der Waals surface area contributed by atoms with E-state index in [1.54, 1.807) is 13.1 Å². The molecule has 3 rings (SSSR count). The number of nitrogens with two attached hydrogens (primary N) is 1. The number of para-hydroxylation sites is 1. The number of hydrogen-bond donors (Lipinski definition) is 2.